The van der Waals surface area contributed by atoms with Crippen LogP contribution in [-0.2, 0) is 4.79 Å². The van der Waals surface area contributed by atoms with E-state index in [4.69, 9.17) is 23.1 Å². The maximum absolute atomic E-state index is 11.7. The molecule has 0 fully saturated rings. The topological polar surface area (TPSA) is 69.8 Å². The van der Waals surface area contributed by atoms with Crippen molar-refractivity contribution < 1.29 is 9.90 Å². The van der Waals surface area contributed by atoms with Crippen molar-refractivity contribution in [3.63, 3.8) is 0 Å². The molecule has 0 radical (unpaired) electrons. The van der Waals surface area contributed by atoms with E-state index in [2.05, 4.69) is 0 Å². The van der Waals surface area contributed by atoms with Crippen LogP contribution in [0.3, 0.4) is 0 Å². The van der Waals surface area contributed by atoms with Crippen LogP contribution in [0.4, 0.5) is 0 Å². The van der Waals surface area contributed by atoms with Gasteiger partial charge < -0.3 is 20.6 Å². The number of nitrogens with two attached hydrogens (primary N) is 1. The molecule has 17 heavy (non-hydrogen) atoms. The maximum Gasteiger partial charge on any atom is 0.223 e. The number of rotatable bonds is 9. The highest BCUT2D eigenvalue weighted by molar-refractivity contribution is 7.80. The molecule has 0 saturated heterocycles. The van der Waals surface area contributed by atoms with Gasteiger partial charge in [0.1, 0.15) is 0 Å². The Morgan fingerprint density at radius 2 is 1.94 bits per heavy atom. The van der Waals surface area contributed by atoms with Gasteiger partial charge in [-0.3, -0.25) is 4.79 Å². The lowest BCUT2D eigenvalue weighted by Gasteiger charge is -2.21. The van der Waals surface area contributed by atoms with E-state index in [9.17, 15) is 4.79 Å². The van der Waals surface area contributed by atoms with E-state index in [1.807, 2.05) is 11.8 Å². The molecule has 0 spiro atoms. The number of aliphatic hydroxyl groups excluding tert-OH is 1. The predicted molar refractivity (Wildman–Crippen MR) is 72.9 cm³/mol. The number of likely N-dealkylation sites (N-methyl/N-ethyl adjacent to an activating group) is 1. The smallest absolute Gasteiger partial charge is 0.223 e. The van der Waals surface area contributed by atoms with Crippen LogP contribution < -0.4 is 5.73 Å². The Labute approximate surface area is 109 Å². The monoisotopic (exact) mass is 261 g/mol. The molecule has 0 atom stereocenters. The molecule has 3 N–H and O–H groups in total. The molecule has 0 aromatic heterocycles. The van der Waals surface area contributed by atoms with Crippen molar-refractivity contribution in [3.05, 3.63) is 0 Å². The molecule has 1 amide bonds. The normalized spacial score (nSPS) is 10.6. The zero-order valence-corrected chi connectivity index (χ0v) is 11.5. The van der Waals surface area contributed by atoms with Gasteiger partial charge >= 0.3 is 0 Å². The first-order valence-corrected chi connectivity index (χ1v) is 6.27. The van der Waals surface area contributed by atoms with Crippen LogP contribution in [0.25, 0.3) is 0 Å². The molecule has 0 bridgehead atoms. The second-order valence-electron chi connectivity index (χ2n) is 3.94. The van der Waals surface area contributed by atoms with E-state index in [0.29, 0.717) is 37.5 Å². The van der Waals surface area contributed by atoms with Gasteiger partial charge in [-0.25, -0.2) is 0 Å². The summed E-state index contributed by atoms with van der Waals surface area (Å²) < 4.78 is 0. The lowest BCUT2D eigenvalue weighted by molar-refractivity contribution is -0.130. The second kappa shape index (κ2) is 9.32. The van der Waals surface area contributed by atoms with E-state index in [1.165, 1.54) is 0 Å². The number of hydrogen-bond donors (Lipinski definition) is 2. The fourth-order valence-electron chi connectivity index (χ4n) is 1.42. The molecule has 0 saturated carbocycles. The molecule has 0 unspecified atom stereocenters. The summed E-state index contributed by atoms with van der Waals surface area (Å²) >= 11 is 4.76. The molecule has 0 aliphatic heterocycles. The number of hydrogen-bond acceptors (Lipinski definition) is 4. The first kappa shape index (κ1) is 16.3. The molecule has 0 aliphatic rings. The van der Waals surface area contributed by atoms with E-state index in [0.717, 1.165) is 6.54 Å². The number of aliphatic hydroxyl groups is 1. The number of amides is 1. The van der Waals surface area contributed by atoms with Gasteiger partial charge in [-0.2, -0.15) is 0 Å². The fraction of sp³-hybridized carbons (Fsp3) is 0.818. The average molecular weight is 261 g/mol. The summed E-state index contributed by atoms with van der Waals surface area (Å²) in [7, 11) is 1.75. The third-order valence-electron chi connectivity index (χ3n) is 2.62. The Morgan fingerprint density at radius 1 is 1.29 bits per heavy atom. The highest BCUT2D eigenvalue weighted by Gasteiger charge is 2.10. The van der Waals surface area contributed by atoms with Gasteiger partial charge in [0, 0.05) is 39.5 Å². The molecule has 0 aliphatic carbocycles. The van der Waals surface area contributed by atoms with Gasteiger partial charge in [0.25, 0.3) is 0 Å². The zero-order valence-electron chi connectivity index (χ0n) is 10.7. The molecule has 100 valence electrons. The van der Waals surface area contributed by atoms with Crippen LogP contribution in [0, 0.1) is 0 Å². The van der Waals surface area contributed by atoms with Gasteiger partial charge in [-0.15, -0.1) is 0 Å². The minimum absolute atomic E-state index is 0.0811. The van der Waals surface area contributed by atoms with Gasteiger partial charge in [0.2, 0.25) is 5.91 Å². The first-order valence-electron chi connectivity index (χ1n) is 5.86. The zero-order chi connectivity index (χ0) is 13.3. The van der Waals surface area contributed by atoms with Crippen LogP contribution in [0.15, 0.2) is 0 Å². The van der Waals surface area contributed by atoms with Gasteiger partial charge in [0.05, 0.1) is 11.6 Å². The second-order valence-corrected chi connectivity index (χ2v) is 4.46. The molecule has 6 heteroatoms. The minimum atomic E-state index is 0.0811. The molecule has 0 aromatic carbocycles. The molecular formula is C11H23N3O2S. The molecule has 0 heterocycles. The lowest BCUT2D eigenvalue weighted by atomic mass is 10.3. The van der Waals surface area contributed by atoms with Crippen LogP contribution in [0.2, 0.25) is 0 Å². The van der Waals surface area contributed by atoms with Crippen molar-refractivity contribution in [1.29, 1.82) is 0 Å². The van der Waals surface area contributed by atoms with Crippen LogP contribution >= 0.6 is 12.2 Å². The summed E-state index contributed by atoms with van der Waals surface area (Å²) in [5, 5.41) is 8.82. The Morgan fingerprint density at radius 3 is 2.41 bits per heavy atom. The number of carbonyl (C=O) groups excluding carboxylic acids is 1. The van der Waals surface area contributed by atoms with Crippen molar-refractivity contribution in [2.45, 2.75) is 19.8 Å². The molecule has 0 aromatic rings. The van der Waals surface area contributed by atoms with Crippen molar-refractivity contribution >= 4 is 23.1 Å². The average Bonchev–Trinajstić information content (AvgIpc) is 2.30. The van der Waals surface area contributed by atoms with Crippen LogP contribution in [0.5, 0.6) is 0 Å². The largest absolute Gasteiger partial charge is 0.395 e. The van der Waals surface area contributed by atoms with Crippen molar-refractivity contribution in [3.8, 4) is 0 Å². The SMILES string of the molecule is CCN(CCO)CCC(=O)N(C)CCC(N)=S. The molecule has 0 rings (SSSR count). The van der Waals surface area contributed by atoms with Gasteiger partial charge in [-0.1, -0.05) is 19.1 Å². The van der Waals surface area contributed by atoms with Crippen LogP contribution in [-0.4, -0.2) is 65.6 Å². The molecule has 5 nitrogen and oxygen atoms in total. The van der Waals surface area contributed by atoms with Gasteiger partial charge in [-0.05, 0) is 6.54 Å². The number of carbonyl (C=O) groups is 1. The minimum Gasteiger partial charge on any atom is -0.395 e. The highest BCUT2D eigenvalue weighted by atomic mass is 32.1. The summed E-state index contributed by atoms with van der Waals surface area (Å²) in [4.78, 5) is 15.8. The van der Waals surface area contributed by atoms with E-state index < -0.39 is 0 Å². The summed E-state index contributed by atoms with van der Waals surface area (Å²) in [5.74, 6) is 0.0811. The fourth-order valence-corrected chi connectivity index (χ4v) is 1.51. The Hall–Kier alpha value is -0.720. The number of nitrogens with zero attached hydrogens (tertiary/aromatic N) is 2. The summed E-state index contributed by atoms with van der Waals surface area (Å²) in [6, 6.07) is 0. The van der Waals surface area contributed by atoms with E-state index >= 15 is 0 Å². The maximum atomic E-state index is 11.7. The standard InChI is InChI=1S/C11H23N3O2S/c1-3-14(8-9-15)7-5-11(16)13(2)6-4-10(12)17/h15H,3-9H2,1-2H3,(H2,12,17). The highest BCUT2D eigenvalue weighted by Crippen LogP contribution is 1.97. The van der Waals surface area contributed by atoms with Crippen molar-refractivity contribution in [2.75, 3.05) is 39.8 Å². The van der Waals surface area contributed by atoms with Crippen LogP contribution in [0.1, 0.15) is 19.8 Å². The third-order valence-corrected chi connectivity index (χ3v) is 2.83. The third kappa shape index (κ3) is 8.06. The van der Waals surface area contributed by atoms with Crippen molar-refractivity contribution in [2.24, 2.45) is 5.73 Å². The van der Waals surface area contributed by atoms with E-state index in [1.54, 1.807) is 11.9 Å². The molecular weight excluding hydrogens is 238 g/mol. The van der Waals surface area contributed by atoms with E-state index in [-0.39, 0.29) is 12.5 Å². The summed E-state index contributed by atoms with van der Waals surface area (Å²) in [6.07, 6.45) is 1.02. The predicted octanol–water partition coefficient (Wildman–Crippen LogP) is -0.175. The first-order chi connectivity index (χ1) is 8.01. The Kier molecular flexibility index (Phi) is 8.93. The Balaban J connectivity index is 3.86. The quantitative estimate of drug-likeness (QED) is 0.564. The number of thiocarbonyl (C=S) groups is 1. The Bertz CT molecular complexity index is 249. The lowest BCUT2D eigenvalue weighted by Crippen LogP contribution is -2.34. The van der Waals surface area contributed by atoms with Crippen molar-refractivity contribution in [1.82, 2.24) is 9.80 Å². The van der Waals surface area contributed by atoms with Gasteiger partial charge in [0.15, 0.2) is 0 Å². The summed E-state index contributed by atoms with van der Waals surface area (Å²) in [6.45, 7) is 4.83. The summed E-state index contributed by atoms with van der Waals surface area (Å²) in [5.41, 5.74) is 5.38.